The molecule has 3 aromatic heterocycles. The second-order valence-electron chi connectivity index (χ2n) is 30.2. The minimum Gasteiger partial charge on any atom is -1.00 e. The van der Waals surface area contributed by atoms with Crippen molar-refractivity contribution in [2.75, 3.05) is 133 Å². The van der Waals surface area contributed by atoms with Gasteiger partial charge in [0.1, 0.15) is 75.6 Å². The molecule has 107 heavy (non-hydrogen) atoms. The van der Waals surface area contributed by atoms with Crippen molar-refractivity contribution in [1.82, 2.24) is 19.9 Å². The summed E-state index contributed by atoms with van der Waals surface area (Å²) in [5.74, 6) is 2.99. The maximum absolute atomic E-state index is 7.04. The fourth-order valence-electron chi connectivity index (χ4n) is 15.4. The van der Waals surface area contributed by atoms with Crippen molar-refractivity contribution < 1.29 is 87.8 Å². The predicted molar refractivity (Wildman–Crippen MR) is 436 cm³/mol. The Morgan fingerprint density at radius 2 is 0.533 bits per heavy atom. The Hall–Kier alpha value is -8.64. The maximum atomic E-state index is 7.04. The number of ether oxygens (including phenoxy) is 4. The number of H-pyrrole nitrogens is 2. The van der Waals surface area contributed by atoms with Crippen LogP contribution in [0.3, 0.4) is 0 Å². The highest BCUT2D eigenvalue weighted by atomic mass is 79.9. The third-order valence-electron chi connectivity index (χ3n) is 24.3. The summed E-state index contributed by atoms with van der Waals surface area (Å²) in [6, 6.07) is 71.5. The molecule has 0 spiro atoms. The molecule has 2 aliphatic rings. The van der Waals surface area contributed by atoms with E-state index in [2.05, 4.69) is 288 Å². The predicted octanol–water partition coefficient (Wildman–Crippen LogP) is 11.7. The van der Waals surface area contributed by atoms with Crippen LogP contribution in [0.4, 0.5) is 0 Å². The summed E-state index contributed by atoms with van der Waals surface area (Å²) >= 11 is 0. The first-order chi connectivity index (χ1) is 50.5. The van der Waals surface area contributed by atoms with Crippen LogP contribution in [0.5, 0.6) is 23.0 Å². The van der Waals surface area contributed by atoms with Crippen LogP contribution in [0.1, 0.15) is 55.4 Å². The van der Waals surface area contributed by atoms with E-state index in [0.717, 1.165) is 273 Å². The molecule has 5 heterocycles. The molecule has 12 nitrogen and oxygen atoms in total. The molecular weight excluding hydrogens is 1520 g/mol. The number of aromatic amines is 2. The number of aromatic nitrogens is 4. The summed E-state index contributed by atoms with van der Waals surface area (Å²) in [4.78, 5) is 20.7. The maximum Gasteiger partial charge on any atom is 0.137 e. The minimum absolute atomic E-state index is 0. The highest BCUT2D eigenvalue weighted by Gasteiger charge is 2.30. The number of quaternary nitrogens is 4. The Bertz CT molecular complexity index is 5210. The van der Waals surface area contributed by atoms with Gasteiger partial charge in [0, 0.05) is 78.1 Å². The van der Waals surface area contributed by atoms with Crippen molar-refractivity contribution in [1.29, 1.82) is 0 Å². The van der Waals surface area contributed by atoms with Crippen LogP contribution < -0.4 is 69.9 Å². The van der Waals surface area contributed by atoms with Crippen molar-refractivity contribution in [2.24, 2.45) is 0 Å². The number of hydrogen-bond acceptors (Lipinski definition) is 6. The number of nitrogens with zero attached hydrogens (tertiary/aromatic N) is 6. The van der Waals surface area contributed by atoms with Crippen molar-refractivity contribution >= 4 is 86.7 Å². The van der Waals surface area contributed by atoms with Gasteiger partial charge in [0.05, 0.1) is 114 Å². The molecule has 0 saturated carbocycles. The Balaban J connectivity index is 0.00000357. The first-order valence-corrected chi connectivity index (χ1v) is 38.2. The lowest BCUT2D eigenvalue weighted by Gasteiger charge is -2.32. The van der Waals surface area contributed by atoms with Crippen molar-refractivity contribution in [3.8, 4) is 90.3 Å². The molecule has 13 aromatic rings. The summed E-state index contributed by atoms with van der Waals surface area (Å²) in [6.45, 7) is 31.8. The Kier molecular flexibility index (Phi) is 23.5. The molecule has 0 unspecified atom stereocenters. The van der Waals surface area contributed by atoms with Crippen molar-refractivity contribution in [3.63, 3.8) is 0 Å². The fraction of sp³-hybridized carbons (Fsp3) is 0.304. The summed E-state index contributed by atoms with van der Waals surface area (Å²) in [7, 11) is 9.27. The molecule has 10 aromatic carbocycles. The highest BCUT2D eigenvalue weighted by molar-refractivity contribution is 6.21. The smallest absolute Gasteiger partial charge is 0.137 e. The molecule has 2 aliphatic heterocycles. The SMILES string of the molecule is CC[N+](C)(CC)CCOc1cc(OCC[N+](C)(CC)CC)cc(-c2c3nc(cc4[nH]c(c(-c5cc(OCC[N+](C)(CC)CC)cc(OCC[N+](C)(CC)CC)c5)c5nc(cc6[nH]c2c2cc7ccccc7cc62)-c2cc6ccccc6cc2-5)c2cc5ccccc5cc42)-c2cc4ccccc4cc2-3)c1.[Br-].[Br-].[Br-]. The molecule has 15 rings (SSSR count). The molecular formula is C92H102Br3N8O4+. The number of hydrogen-bond donors (Lipinski definition) is 2. The second kappa shape index (κ2) is 32.3. The zero-order valence-electron chi connectivity index (χ0n) is 64.2. The van der Waals surface area contributed by atoms with Crippen LogP contribution in [-0.4, -0.2) is 171 Å². The van der Waals surface area contributed by atoms with Crippen LogP contribution in [0.15, 0.2) is 194 Å². The number of rotatable bonds is 26. The number of benzene rings is 10. The molecule has 0 aliphatic carbocycles. The van der Waals surface area contributed by atoms with E-state index < -0.39 is 0 Å². The highest BCUT2D eigenvalue weighted by Crippen LogP contribution is 2.51. The third-order valence-corrected chi connectivity index (χ3v) is 24.3. The average molecular weight is 1620 g/mol. The molecule has 0 radical (unpaired) electrons. The summed E-state index contributed by atoms with van der Waals surface area (Å²) in [6.07, 6.45) is 0. The third kappa shape index (κ3) is 15.5. The quantitative estimate of drug-likeness (QED) is 0.0525. The van der Waals surface area contributed by atoms with Gasteiger partial charge < -0.3 is 97.8 Å². The van der Waals surface area contributed by atoms with Gasteiger partial charge in [0.15, 0.2) is 0 Å². The Morgan fingerprint density at radius 1 is 0.290 bits per heavy atom. The first-order valence-electron chi connectivity index (χ1n) is 38.2. The van der Waals surface area contributed by atoms with Crippen LogP contribution in [0.2, 0.25) is 0 Å². The van der Waals surface area contributed by atoms with E-state index in [4.69, 9.17) is 28.9 Å². The lowest BCUT2D eigenvalue weighted by Crippen LogP contribution is -3.00. The fourth-order valence-corrected chi connectivity index (χ4v) is 15.4. The second-order valence-corrected chi connectivity index (χ2v) is 30.2. The van der Waals surface area contributed by atoms with E-state index in [9.17, 15) is 0 Å². The molecule has 554 valence electrons. The Morgan fingerprint density at radius 3 is 0.794 bits per heavy atom. The molecule has 8 bridgehead atoms. The largest absolute Gasteiger partial charge is 1.00 e. The number of halogens is 3. The van der Waals surface area contributed by atoms with Crippen LogP contribution in [0.25, 0.3) is 154 Å². The molecule has 2 N–H and O–H groups in total. The van der Waals surface area contributed by atoms with Gasteiger partial charge in [-0.3, -0.25) is 0 Å². The van der Waals surface area contributed by atoms with E-state index in [1.165, 1.54) is 0 Å². The van der Waals surface area contributed by atoms with Gasteiger partial charge in [-0.1, -0.05) is 97.1 Å². The minimum atomic E-state index is 0. The van der Waals surface area contributed by atoms with Gasteiger partial charge in [-0.15, -0.1) is 0 Å². The molecule has 0 atom stereocenters. The molecule has 15 heteroatoms. The van der Waals surface area contributed by atoms with Crippen molar-refractivity contribution in [3.05, 3.63) is 194 Å². The van der Waals surface area contributed by atoms with Gasteiger partial charge in [-0.2, -0.15) is 0 Å². The van der Waals surface area contributed by atoms with Gasteiger partial charge in [0.2, 0.25) is 0 Å². The number of fused-ring (bicyclic) bond motifs is 24. The van der Waals surface area contributed by atoms with Gasteiger partial charge in [-0.25, -0.2) is 9.97 Å². The van der Waals surface area contributed by atoms with E-state index in [-0.39, 0.29) is 50.9 Å². The summed E-state index contributed by atoms with van der Waals surface area (Å²) in [5.41, 5.74) is 14.9. The zero-order valence-corrected chi connectivity index (χ0v) is 69.0. The van der Waals surface area contributed by atoms with Gasteiger partial charge >= 0.3 is 0 Å². The zero-order chi connectivity index (χ0) is 72.1. The van der Waals surface area contributed by atoms with Crippen molar-refractivity contribution in [2.45, 2.75) is 55.4 Å². The van der Waals surface area contributed by atoms with E-state index in [0.29, 0.717) is 26.4 Å². The van der Waals surface area contributed by atoms with Crippen LogP contribution in [-0.2, 0) is 0 Å². The van der Waals surface area contributed by atoms with Crippen LogP contribution >= 0.6 is 0 Å². The lowest BCUT2D eigenvalue weighted by molar-refractivity contribution is -0.906. The summed E-state index contributed by atoms with van der Waals surface area (Å²) < 4.78 is 31.8. The average Bonchev–Trinajstić information content (AvgIpc) is 1.58. The standard InChI is InChI=1S/C92H102N8O4.3BrH/c1-13-97(9,14-2)37-41-101-71-45-69(46-72(57-71)102-42-38-98(10,15-3)16-4)87-89-79-53-65-33-25-21-29-61(65)49-75(79)83(93-89)59-85-77-51-63-31-23-27-35-67(63)55-81(77)91(95-85)88(70-47-73(103-43-39-99(11,17-5)18-6)58-74(48-70)104-44-40-100(12,19-7)20-8)92-82-56-68-36-28-24-32-64(68)52-78(82)86(96-92)60-84-76-50-62-30-22-26-34-66(62)54-80(76)90(87)94-84;;;/h21-36,45-60,93,96H,13-20,37-44H2,1-12H3;3*1H/q+4;;;/p-3. The number of nitrogens with one attached hydrogen (secondary N) is 2. The molecule has 0 amide bonds. The normalized spacial score (nSPS) is 12.3. The summed E-state index contributed by atoms with van der Waals surface area (Å²) in [5, 5.41) is 13.3. The number of likely N-dealkylation sites (N-methyl/N-ethyl adjacent to an activating group) is 4. The monoisotopic (exact) mass is 1620 g/mol. The van der Waals surface area contributed by atoms with Crippen LogP contribution in [0, 0.1) is 0 Å². The Labute approximate surface area is 662 Å². The van der Waals surface area contributed by atoms with E-state index in [1.807, 2.05) is 0 Å². The first kappa shape index (κ1) is 78.0. The topological polar surface area (TPSA) is 94.3 Å². The van der Waals surface area contributed by atoms with E-state index >= 15 is 0 Å². The lowest BCUT2D eigenvalue weighted by atomic mass is 9.93. The van der Waals surface area contributed by atoms with Gasteiger partial charge in [0.25, 0.3) is 0 Å². The van der Waals surface area contributed by atoms with E-state index in [1.54, 1.807) is 0 Å². The van der Waals surface area contributed by atoms with Gasteiger partial charge in [-0.05, 0) is 195 Å². The molecule has 0 fully saturated rings. The molecule has 0 saturated heterocycles.